The van der Waals surface area contributed by atoms with Crippen LogP contribution in [0.1, 0.15) is 21.5 Å². The number of rotatable bonds is 5. The fraction of sp³-hybridized carbons (Fsp3) is 0.214. The van der Waals surface area contributed by atoms with Gasteiger partial charge in [-0.05, 0) is 44.2 Å². The van der Waals surface area contributed by atoms with Crippen molar-refractivity contribution < 1.29 is 17.9 Å². The monoisotopic (exact) mass is 403 g/mol. The van der Waals surface area contributed by atoms with Crippen LogP contribution in [-0.2, 0) is 10.0 Å². The number of thiophene rings is 1. The van der Waals surface area contributed by atoms with Gasteiger partial charge in [-0.1, -0.05) is 15.9 Å². The molecule has 22 heavy (non-hydrogen) atoms. The zero-order chi connectivity index (χ0) is 16.3. The summed E-state index contributed by atoms with van der Waals surface area (Å²) in [6.07, 6.45) is 0. The number of aryl methyl sites for hydroxylation is 1. The molecule has 2 rings (SSSR count). The maximum atomic E-state index is 12.4. The van der Waals surface area contributed by atoms with Gasteiger partial charge in [0.15, 0.2) is 0 Å². The van der Waals surface area contributed by atoms with E-state index in [1.165, 1.54) is 17.4 Å². The van der Waals surface area contributed by atoms with Crippen LogP contribution < -0.4 is 9.46 Å². The molecule has 0 saturated heterocycles. The van der Waals surface area contributed by atoms with Gasteiger partial charge in [-0.25, -0.2) is 13.1 Å². The molecule has 0 aliphatic carbocycles. The molecule has 0 aliphatic rings. The van der Waals surface area contributed by atoms with Gasteiger partial charge >= 0.3 is 0 Å². The highest BCUT2D eigenvalue weighted by Gasteiger charge is 2.24. The molecule has 2 aromatic rings. The highest BCUT2D eigenvalue weighted by atomic mass is 79.9. The quantitative estimate of drug-likeness (QED) is 0.830. The molecule has 0 atom stereocenters. The average Bonchev–Trinajstić information content (AvgIpc) is 2.87. The summed E-state index contributed by atoms with van der Waals surface area (Å²) in [6.45, 7) is 3.92. The van der Waals surface area contributed by atoms with E-state index < -0.39 is 15.9 Å². The van der Waals surface area contributed by atoms with Crippen LogP contribution in [0.2, 0.25) is 0 Å². The third-order valence-corrected chi connectivity index (χ3v) is 5.53. The lowest BCUT2D eigenvalue weighted by atomic mass is 10.3. The lowest BCUT2D eigenvalue weighted by Crippen LogP contribution is -2.30. The van der Waals surface area contributed by atoms with E-state index in [4.69, 9.17) is 4.74 Å². The summed E-state index contributed by atoms with van der Waals surface area (Å²) in [5.74, 6) is -0.450. The molecule has 0 radical (unpaired) electrons. The van der Waals surface area contributed by atoms with Gasteiger partial charge in [-0.3, -0.25) is 4.79 Å². The predicted molar refractivity (Wildman–Crippen MR) is 89.0 cm³/mol. The summed E-state index contributed by atoms with van der Waals surface area (Å²) in [6, 6.07) is 7.98. The maximum Gasteiger partial charge on any atom is 0.275 e. The number of carbonyl (C=O) groups is 1. The van der Waals surface area contributed by atoms with Crippen molar-refractivity contribution in [2.75, 3.05) is 6.61 Å². The first-order valence-electron chi connectivity index (χ1n) is 6.39. The molecule has 0 spiro atoms. The van der Waals surface area contributed by atoms with E-state index in [1.54, 1.807) is 31.2 Å². The van der Waals surface area contributed by atoms with Crippen LogP contribution in [0.15, 0.2) is 39.7 Å². The van der Waals surface area contributed by atoms with Crippen molar-refractivity contribution >= 4 is 43.2 Å². The zero-order valence-electron chi connectivity index (χ0n) is 11.9. The van der Waals surface area contributed by atoms with E-state index >= 15 is 0 Å². The molecule has 118 valence electrons. The number of hydrogen-bond donors (Lipinski definition) is 1. The Labute approximate surface area is 141 Å². The Kier molecular flexibility index (Phi) is 5.25. The second kappa shape index (κ2) is 6.80. The first-order chi connectivity index (χ1) is 10.3. The molecular weight excluding hydrogens is 390 g/mol. The third-order valence-electron chi connectivity index (χ3n) is 2.69. The number of benzene rings is 1. The van der Waals surface area contributed by atoms with Gasteiger partial charge < -0.3 is 4.74 Å². The van der Waals surface area contributed by atoms with Crippen LogP contribution in [0.3, 0.4) is 0 Å². The lowest BCUT2D eigenvalue weighted by Gasteiger charge is -2.12. The summed E-state index contributed by atoms with van der Waals surface area (Å²) >= 11 is 4.46. The molecule has 5 nitrogen and oxygen atoms in total. The molecule has 1 N–H and O–H groups in total. The van der Waals surface area contributed by atoms with Gasteiger partial charge in [0.2, 0.25) is 0 Å². The minimum atomic E-state index is -4.02. The molecule has 0 saturated carbocycles. The highest BCUT2D eigenvalue weighted by molar-refractivity contribution is 9.10. The van der Waals surface area contributed by atoms with Gasteiger partial charge in [-0.2, -0.15) is 0 Å². The topological polar surface area (TPSA) is 72.5 Å². The summed E-state index contributed by atoms with van der Waals surface area (Å²) in [5, 5.41) is 0. The van der Waals surface area contributed by atoms with Crippen molar-refractivity contribution in [1.82, 2.24) is 4.72 Å². The Morgan fingerprint density at radius 3 is 2.64 bits per heavy atom. The number of ether oxygens (including phenoxy) is 1. The predicted octanol–water partition coefficient (Wildman–Crippen LogP) is 3.34. The van der Waals surface area contributed by atoms with E-state index in [0.717, 1.165) is 4.88 Å². The van der Waals surface area contributed by atoms with Gasteiger partial charge in [0, 0.05) is 9.35 Å². The fourth-order valence-electron chi connectivity index (χ4n) is 1.75. The number of sulfonamides is 1. The molecular formula is C14H14BrNO4S2. The number of hydrogen-bond acceptors (Lipinski definition) is 5. The molecule has 1 aromatic carbocycles. The first kappa shape index (κ1) is 17.0. The van der Waals surface area contributed by atoms with Crippen molar-refractivity contribution in [2.24, 2.45) is 0 Å². The Morgan fingerprint density at radius 2 is 2.05 bits per heavy atom. The van der Waals surface area contributed by atoms with Crippen molar-refractivity contribution in [3.05, 3.63) is 44.6 Å². The third kappa shape index (κ3) is 3.88. The standard InChI is InChI=1S/C14H14BrNO4S2/c1-3-20-11-6-5-10(15)8-13(11)22(18,19)16-14(17)12-7-4-9(2)21-12/h4-8H,3H2,1-2H3,(H,16,17). The molecule has 1 heterocycles. The Hall–Kier alpha value is -1.38. The number of amides is 1. The van der Waals surface area contributed by atoms with Crippen LogP contribution in [-0.4, -0.2) is 20.9 Å². The molecule has 0 unspecified atom stereocenters. The van der Waals surface area contributed by atoms with E-state index in [1.807, 2.05) is 6.92 Å². The molecule has 0 fully saturated rings. The minimum Gasteiger partial charge on any atom is -0.492 e. The van der Waals surface area contributed by atoms with Gasteiger partial charge in [0.25, 0.3) is 15.9 Å². The van der Waals surface area contributed by atoms with Crippen molar-refractivity contribution in [3.63, 3.8) is 0 Å². The van der Waals surface area contributed by atoms with Crippen LogP contribution in [0.25, 0.3) is 0 Å². The molecule has 1 amide bonds. The normalized spacial score (nSPS) is 11.2. The van der Waals surface area contributed by atoms with Gasteiger partial charge in [-0.15, -0.1) is 11.3 Å². The first-order valence-corrected chi connectivity index (χ1v) is 9.48. The smallest absolute Gasteiger partial charge is 0.275 e. The number of carbonyl (C=O) groups excluding carboxylic acids is 1. The van der Waals surface area contributed by atoms with Crippen LogP contribution in [0.5, 0.6) is 5.75 Å². The molecule has 8 heteroatoms. The summed E-state index contributed by atoms with van der Waals surface area (Å²) in [7, 11) is -4.02. The number of halogens is 1. The largest absolute Gasteiger partial charge is 0.492 e. The van der Waals surface area contributed by atoms with E-state index in [2.05, 4.69) is 20.7 Å². The lowest BCUT2D eigenvalue weighted by molar-refractivity contribution is 0.0985. The highest BCUT2D eigenvalue weighted by Crippen LogP contribution is 2.28. The van der Waals surface area contributed by atoms with Gasteiger partial charge in [0.1, 0.15) is 10.6 Å². The van der Waals surface area contributed by atoms with Crippen LogP contribution in [0, 0.1) is 6.92 Å². The van der Waals surface area contributed by atoms with E-state index in [-0.39, 0.29) is 10.6 Å². The van der Waals surface area contributed by atoms with Crippen molar-refractivity contribution in [3.8, 4) is 5.75 Å². The van der Waals surface area contributed by atoms with Crippen molar-refractivity contribution in [1.29, 1.82) is 0 Å². The summed E-state index contributed by atoms with van der Waals surface area (Å²) < 4.78 is 32.9. The molecule has 0 bridgehead atoms. The van der Waals surface area contributed by atoms with Gasteiger partial charge in [0.05, 0.1) is 11.5 Å². The molecule has 0 aliphatic heterocycles. The summed E-state index contributed by atoms with van der Waals surface area (Å²) in [4.78, 5) is 13.3. The van der Waals surface area contributed by atoms with Crippen LogP contribution >= 0.6 is 27.3 Å². The Morgan fingerprint density at radius 1 is 1.32 bits per heavy atom. The Balaban J connectivity index is 2.34. The fourth-order valence-corrected chi connectivity index (χ4v) is 4.23. The maximum absolute atomic E-state index is 12.4. The Bertz CT molecular complexity index is 799. The average molecular weight is 404 g/mol. The SMILES string of the molecule is CCOc1ccc(Br)cc1S(=O)(=O)NC(=O)c1ccc(C)s1. The van der Waals surface area contributed by atoms with E-state index in [9.17, 15) is 13.2 Å². The minimum absolute atomic E-state index is 0.0784. The number of nitrogens with one attached hydrogen (secondary N) is 1. The van der Waals surface area contributed by atoms with E-state index in [0.29, 0.717) is 16.0 Å². The van der Waals surface area contributed by atoms with Crippen molar-refractivity contribution in [2.45, 2.75) is 18.7 Å². The zero-order valence-corrected chi connectivity index (χ0v) is 15.1. The second-order valence-corrected chi connectivity index (χ2v) is 8.22. The second-order valence-electron chi connectivity index (χ2n) is 4.37. The summed E-state index contributed by atoms with van der Waals surface area (Å²) in [5.41, 5.74) is 0. The van der Waals surface area contributed by atoms with Crippen LogP contribution in [0.4, 0.5) is 0 Å². The molecule has 1 aromatic heterocycles.